The molecule has 0 aliphatic heterocycles. The van der Waals surface area contributed by atoms with E-state index in [-0.39, 0.29) is 0 Å². The predicted octanol–water partition coefficient (Wildman–Crippen LogP) is 3.49. The third-order valence-corrected chi connectivity index (χ3v) is 2.77. The summed E-state index contributed by atoms with van der Waals surface area (Å²) in [6, 6.07) is 11.5. The average molecular weight is 243 g/mol. The average Bonchev–Trinajstić information content (AvgIpc) is 2.39. The van der Waals surface area contributed by atoms with Crippen molar-refractivity contribution in [1.82, 2.24) is 4.98 Å². The molecule has 0 bridgehead atoms. The number of aryl methyl sites for hydroxylation is 1. The number of nitrogens with zero attached hydrogens (tertiary/aromatic N) is 1. The van der Waals surface area contributed by atoms with Gasteiger partial charge in [0, 0.05) is 11.8 Å². The van der Waals surface area contributed by atoms with Crippen molar-refractivity contribution >= 4 is 0 Å². The van der Waals surface area contributed by atoms with E-state index in [4.69, 9.17) is 4.74 Å². The summed E-state index contributed by atoms with van der Waals surface area (Å²) >= 11 is 0. The molecule has 0 amide bonds. The molecule has 0 aliphatic carbocycles. The van der Waals surface area contributed by atoms with Crippen LogP contribution in [0.1, 0.15) is 31.1 Å². The summed E-state index contributed by atoms with van der Waals surface area (Å²) in [5.74, 6) is 1.20. The number of hydrogen-bond acceptors (Lipinski definition) is 3. The molecule has 0 spiro atoms. The molecule has 0 fully saturated rings. The number of rotatable bonds is 4. The maximum atomic E-state index is 9.66. The molecule has 94 valence electrons. The lowest BCUT2D eigenvalue weighted by atomic mass is 10.1. The van der Waals surface area contributed by atoms with E-state index in [0.717, 1.165) is 12.2 Å². The highest BCUT2D eigenvalue weighted by molar-refractivity contribution is 5.35. The first-order valence-corrected chi connectivity index (χ1v) is 6.10. The minimum absolute atomic E-state index is 0.459. The van der Waals surface area contributed by atoms with Crippen molar-refractivity contribution in [3.8, 4) is 11.6 Å². The summed E-state index contributed by atoms with van der Waals surface area (Å²) in [5.41, 5.74) is 1.90. The minimum atomic E-state index is -0.594. The highest BCUT2D eigenvalue weighted by atomic mass is 16.5. The van der Waals surface area contributed by atoms with Gasteiger partial charge in [-0.1, -0.05) is 19.1 Å². The van der Waals surface area contributed by atoms with Crippen LogP contribution in [0.25, 0.3) is 0 Å². The molecule has 2 rings (SSSR count). The van der Waals surface area contributed by atoms with Crippen LogP contribution in [0.5, 0.6) is 11.6 Å². The molecule has 3 heteroatoms. The van der Waals surface area contributed by atoms with Gasteiger partial charge in [0.15, 0.2) is 0 Å². The molecule has 3 nitrogen and oxygen atoms in total. The van der Waals surface area contributed by atoms with E-state index in [1.54, 1.807) is 19.2 Å². The molecule has 18 heavy (non-hydrogen) atoms. The van der Waals surface area contributed by atoms with Crippen molar-refractivity contribution in [2.45, 2.75) is 26.4 Å². The number of pyridine rings is 1. The van der Waals surface area contributed by atoms with E-state index in [1.165, 1.54) is 5.56 Å². The van der Waals surface area contributed by atoms with Crippen LogP contribution in [0.4, 0.5) is 0 Å². The summed E-state index contributed by atoms with van der Waals surface area (Å²) in [4.78, 5) is 4.17. The molecule has 1 atom stereocenters. The molecule has 2 aromatic rings. The van der Waals surface area contributed by atoms with Crippen molar-refractivity contribution in [1.29, 1.82) is 0 Å². The molecule has 1 aromatic heterocycles. The normalized spacial score (nSPS) is 12.2. The van der Waals surface area contributed by atoms with E-state index >= 15 is 0 Å². The van der Waals surface area contributed by atoms with Crippen LogP contribution >= 0.6 is 0 Å². The minimum Gasteiger partial charge on any atom is -0.439 e. The Bertz CT molecular complexity index is 523. The Balaban J connectivity index is 2.28. The first-order chi connectivity index (χ1) is 8.70. The number of hydrogen-bond donors (Lipinski definition) is 1. The van der Waals surface area contributed by atoms with Crippen molar-refractivity contribution in [3.05, 3.63) is 53.7 Å². The first kappa shape index (κ1) is 12.6. The predicted molar refractivity (Wildman–Crippen MR) is 70.8 cm³/mol. The number of ether oxygens (including phenoxy) is 1. The van der Waals surface area contributed by atoms with E-state index in [2.05, 4.69) is 18.0 Å². The highest BCUT2D eigenvalue weighted by Gasteiger charge is 2.10. The largest absolute Gasteiger partial charge is 0.439 e. The summed E-state index contributed by atoms with van der Waals surface area (Å²) in [6.07, 6.45) is 2.02. The number of benzene rings is 1. The lowest BCUT2D eigenvalue weighted by molar-refractivity contribution is 0.194. The SMILES string of the molecule is CCc1cccc(Oc2ncccc2[C@@H](C)O)c1. The van der Waals surface area contributed by atoms with Gasteiger partial charge in [-0.05, 0) is 43.2 Å². The van der Waals surface area contributed by atoms with Crippen LogP contribution in [0, 0.1) is 0 Å². The van der Waals surface area contributed by atoms with E-state index in [9.17, 15) is 5.11 Å². The molecule has 0 radical (unpaired) electrons. The number of aliphatic hydroxyl groups excluding tert-OH is 1. The van der Waals surface area contributed by atoms with Gasteiger partial charge >= 0.3 is 0 Å². The fourth-order valence-corrected chi connectivity index (χ4v) is 1.75. The third kappa shape index (κ3) is 2.87. The molecule has 1 heterocycles. The van der Waals surface area contributed by atoms with Crippen LogP contribution in [0.2, 0.25) is 0 Å². The van der Waals surface area contributed by atoms with Crippen molar-refractivity contribution in [2.75, 3.05) is 0 Å². The van der Waals surface area contributed by atoms with E-state index < -0.39 is 6.10 Å². The standard InChI is InChI=1S/C15H17NO2/c1-3-12-6-4-7-13(10-12)18-15-14(11(2)17)8-5-9-16-15/h4-11,17H,3H2,1-2H3/t11-/m1/s1. The van der Waals surface area contributed by atoms with Gasteiger partial charge in [0.1, 0.15) is 5.75 Å². The maximum absolute atomic E-state index is 9.66. The van der Waals surface area contributed by atoms with Crippen molar-refractivity contribution in [2.24, 2.45) is 0 Å². The Hall–Kier alpha value is -1.87. The van der Waals surface area contributed by atoms with Gasteiger partial charge in [0.25, 0.3) is 0 Å². The summed E-state index contributed by atoms with van der Waals surface area (Å²) in [7, 11) is 0. The lowest BCUT2D eigenvalue weighted by Gasteiger charge is -2.12. The first-order valence-electron chi connectivity index (χ1n) is 6.10. The second-order valence-electron chi connectivity index (χ2n) is 4.18. The van der Waals surface area contributed by atoms with Crippen LogP contribution in [-0.2, 0) is 6.42 Å². The van der Waals surface area contributed by atoms with Gasteiger partial charge < -0.3 is 9.84 Å². The quantitative estimate of drug-likeness (QED) is 0.893. The van der Waals surface area contributed by atoms with Crippen LogP contribution in [0.3, 0.4) is 0 Å². The molecule has 0 unspecified atom stereocenters. The Morgan fingerprint density at radius 1 is 1.28 bits per heavy atom. The fraction of sp³-hybridized carbons (Fsp3) is 0.267. The Kier molecular flexibility index (Phi) is 3.95. The van der Waals surface area contributed by atoms with Gasteiger partial charge in [0.05, 0.1) is 6.10 Å². The van der Waals surface area contributed by atoms with Crippen LogP contribution in [0.15, 0.2) is 42.6 Å². The molecule has 0 aliphatic rings. The van der Waals surface area contributed by atoms with Crippen molar-refractivity contribution in [3.63, 3.8) is 0 Å². The second kappa shape index (κ2) is 5.65. The van der Waals surface area contributed by atoms with Gasteiger partial charge in [-0.2, -0.15) is 0 Å². The monoisotopic (exact) mass is 243 g/mol. The Morgan fingerprint density at radius 2 is 2.11 bits per heavy atom. The topological polar surface area (TPSA) is 42.4 Å². The zero-order valence-electron chi connectivity index (χ0n) is 10.6. The zero-order chi connectivity index (χ0) is 13.0. The molecular weight excluding hydrogens is 226 g/mol. The number of aromatic nitrogens is 1. The van der Waals surface area contributed by atoms with Gasteiger partial charge in [-0.15, -0.1) is 0 Å². The Labute approximate surface area is 107 Å². The highest BCUT2D eigenvalue weighted by Crippen LogP contribution is 2.27. The Morgan fingerprint density at radius 3 is 2.83 bits per heavy atom. The third-order valence-electron chi connectivity index (χ3n) is 2.77. The molecule has 0 saturated carbocycles. The summed E-state index contributed by atoms with van der Waals surface area (Å²) in [5, 5.41) is 9.66. The van der Waals surface area contributed by atoms with Gasteiger partial charge in [0.2, 0.25) is 5.88 Å². The van der Waals surface area contributed by atoms with Gasteiger partial charge in [-0.3, -0.25) is 0 Å². The fourth-order valence-electron chi connectivity index (χ4n) is 1.75. The molecule has 0 saturated heterocycles. The second-order valence-corrected chi connectivity index (χ2v) is 4.18. The molecule has 1 aromatic carbocycles. The van der Waals surface area contributed by atoms with Crippen molar-refractivity contribution < 1.29 is 9.84 Å². The number of aliphatic hydroxyl groups is 1. The smallest absolute Gasteiger partial charge is 0.225 e. The molecule has 1 N–H and O–H groups in total. The van der Waals surface area contributed by atoms with E-state index in [0.29, 0.717) is 11.4 Å². The summed E-state index contributed by atoms with van der Waals surface area (Å²) in [6.45, 7) is 3.80. The molecular formula is C15H17NO2. The lowest BCUT2D eigenvalue weighted by Crippen LogP contribution is -1.98. The van der Waals surface area contributed by atoms with Crippen LogP contribution in [-0.4, -0.2) is 10.1 Å². The van der Waals surface area contributed by atoms with Crippen LogP contribution < -0.4 is 4.74 Å². The van der Waals surface area contributed by atoms with E-state index in [1.807, 2.05) is 24.3 Å². The van der Waals surface area contributed by atoms with Gasteiger partial charge in [-0.25, -0.2) is 4.98 Å². The maximum Gasteiger partial charge on any atom is 0.225 e. The summed E-state index contributed by atoms with van der Waals surface area (Å²) < 4.78 is 5.74. The zero-order valence-corrected chi connectivity index (χ0v) is 10.6.